The molecular weight excluding hydrogens is 364 g/mol. The molecule has 2 N–H and O–H groups in total. The number of nitrogens with zero attached hydrogens (tertiary/aromatic N) is 2. The first-order valence-corrected chi connectivity index (χ1v) is 8.13. The second-order valence-corrected chi connectivity index (χ2v) is 6.71. The van der Waals surface area contributed by atoms with E-state index < -0.39 is 4.92 Å². The van der Waals surface area contributed by atoms with Crippen molar-refractivity contribution in [1.82, 2.24) is 0 Å². The molecule has 1 heterocycles. The van der Waals surface area contributed by atoms with E-state index in [1.54, 1.807) is 12.1 Å². The summed E-state index contributed by atoms with van der Waals surface area (Å²) >= 11 is 6.31. The van der Waals surface area contributed by atoms with Crippen LogP contribution in [0.15, 0.2) is 47.4 Å². The Balaban J connectivity index is 1.90. The molecule has 0 spiro atoms. The Kier molecular flexibility index (Phi) is 4.43. The average molecular weight is 374 g/mol. The lowest BCUT2D eigenvalue weighted by atomic mass is 10.2. The fraction of sp³-hybridized carbons (Fsp3) is 0. The highest BCUT2D eigenvalue weighted by molar-refractivity contribution is 8.27. The number of non-ortho nitro benzene ring substituents is 1. The summed E-state index contributed by atoms with van der Waals surface area (Å²) in [5.41, 5.74) is 0.883. The van der Waals surface area contributed by atoms with Crippen LogP contribution in [0.4, 0.5) is 11.4 Å². The topological polar surface area (TPSA) is 104 Å². The molecule has 0 atom stereocenters. The molecule has 3 rings (SSSR count). The molecule has 1 aliphatic rings. The molecule has 1 amide bonds. The van der Waals surface area contributed by atoms with Gasteiger partial charge in [-0.3, -0.25) is 19.8 Å². The lowest BCUT2D eigenvalue weighted by Crippen LogP contribution is -2.27. The third kappa shape index (κ3) is 3.32. The van der Waals surface area contributed by atoms with Crippen LogP contribution in [0.3, 0.4) is 0 Å². The minimum atomic E-state index is -0.523. The molecule has 0 radical (unpaired) electrons. The third-order valence-electron chi connectivity index (χ3n) is 3.41. The van der Waals surface area contributed by atoms with E-state index >= 15 is 0 Å². The second-order valence-electron chi connectivity index (χ2n) is 5.04. The number of carbonyl (C=O) groups excluding carboxylic acids is 1. The zero-order chi connectivity index (χ0) is 18.1. The molecule has 1 saturated heterocycles. The Hall–Kier alpha value is -2.91. The summed E-state index contributed by atoms with van der Waals surface area (Å²) in [6, 6.07) is 9.71. The molecule has 0 unspecified atom stereocenters. The first kappa shape index (κ1) is 16.9. The normalized spacial score (nSPS) is 15.8. The molecule has 2 aromatic rings. The van der Waals surface area contributed by atoms with Gasteiger partial charge in [-0.1, -0.05) is 30.0 Å². The largest absolute Gasteiger partial charge is 0.504 e. The fourth-order valence-corrected chi connectivity index (χ4v) is 3.49. The Morgan fingerprint density at radius 2 is 1.80 bits per heavy atom. The Bertz CT molecular complexity index is 925. The number of nitro groups is 1. The van der Waals surface area contributed by atoms with Gasteiger partial charge in [-0.25, -0.2) is 0 Å². The van der Waals surface area contributed by atoms with E-state index in [0.29, 0.717) is 20.5 Å². The van der Waals surface area contributed by atoms with Crippen LogP contribution < -0.4 is 4.90 Å². The van der Waals surface area contributed by atoms with Crippen LogP contribution in [0.25, 0.3) is 6.08 Å². The Morgan fingerprint density at radius 3 is 2.40 bits per heavy atom. The maximum atomic E-state index is 12.6. The van der Waals surface area contributed by atoms with Gasteiger partial charge in [-0.15, -0.1) is 0 Å². The maximum absolute atomic E-state index is 12.6. The van der Waals surface area contributed by atoms with Gasteiger partial charge in [0.15, 0.2) is 15.8 Å². The number of carbonyl (C=O) groups is 1. The third-order valence-corrected chi connectivity index (χ3v) is 4.71. The molecule has 0 aliphatic carbocycles. The van der Waals surface area contributed by atoms with Crippen molar-refractivity contribution in [2.45, 2.75) is 0 Å². The average Bonchev–Trinajstić information content (AvgIpc) is 2.85. The number of phenolic OH excluding ortho intramolecular Hbond substituents is 2. The van der Waals surface area contributed by atoms with Gasteiger partial charge in [-0.2, -0.15) is 0 Å². The monoisotopic (exact) mass is 374 g/mol. The zero-order valence-electron chi connectivity index (χ0n) is 12.4. The van der Waals surface area contributed by atoms with Crippen LogP contribution >= 0.6 is 24.0 Å². The number of phenols is 2. The summed E-state index contributed by atoms with van der Waals surface area (Å²) in [6.45, 7) is 0. The molecular formula is C16H10N2O5S2. The first-order valence-electron chi connectivity index (χ1n) is 6.91. The standard InChI is InChI=1S/C16H10N2O5S2/c19-12-6-1-9(7-13(12)20)8-14-15(21)17(16(24)25-14)10-2-4-11(5-3-10)18(22)23/h1-8,19-20H/b14-8-. The van der Waals surface area contributed by atoms with E-state index in [1.165, 1.54) is 41.3 Å². The van der Waals surface area contributed by atoms with Crippen LogP contribution in [0.5, 0.6) is 11.5 Å². The number of anilines is 1. The van der Waals surface area contributed by atoms with Crippen molar-refractivity contribution in [3.05, 3.63) is 63.0 Å². The molecule has 0 bridgehead atoms. The molecule has 1 aliphatic heterocycles. The molecule has 0 saturated carbocycles. The van der Waals surface area contributed by atoms with Crippen LogP contribution in [-0.4, -0.2) is 25.4 Å². The number of aromatic hydroxyl groups is 2. The Labute approximate surface area is 151 Å². The van der Waals surface area contributed by atoms with Crippen LogP contribution in [0, 0.1) is 10.1 Å². The summed E-state index contributed by atoms with van der Waals surface area (Å²) < 4.78 is 0.299. The summed E-state index contributed by atoms with van der Waals surface area (Å²) in [7, 11) is 0. The van der Waals surface area contributed by atoms with Gasteiger partial charge in [0.25, 0.3) is 11.6 Å². The van der Waals surface area contributed by atoms with Crippen LogP contribution in [0.1, 0.15) is 5.56 Å². The molecule has 1 fully saturated rings. The molecule has 9 heteroatoms. The van der Waals surface area contributed by atoms with E-state index in [-0.39, 0.29) is 23.1 Å². The zero-order valence-corrected chi connectivity index (χ0v) is 14.1. The first-order chi connectivity index (χ1) is 11.9. The van der Waals surface area contributed by atoms with E-state index in [1.807, 2.05) is 0 Å². The molecule has 25 heavy (non-hydrogen) atoms. The van der Waals surface area contributed by atoms with Crippen molar-refractivity contribution in [1.29, 1.82) is 0 Å². The number of nitro benzene ring substituents is 1. The van der Waals surface area contributed by atoms with Gasteiger partial charge in [-0.05, 0) is 35.9 Å². The predicted octanol–water partition coefficient (Wildman–Crippen LogP) is 3.41. The lowest BCUT2D eigenvalue weighted by molar-refractivity contribution is -0.384. The summed E-state index contributed by atoms with van der Waals surface area (Å²) in [4.78, 5) is 24.4. The van der Waals surface area contributed by atoms with Gasteiger partial charge in [0.05, 0.1) is 15.5 Å². The van der Waals surface area contributed by atoms with E-state index in [9.17, 15) is 25.1 Å². The molecule has 2 aromatic carbocycles. The SMILES string of the molecule is O=C1/C(=C/c2ccc(O)c(O)c2)SC(=S)N1c1ccc([N+](=O)[O-])cc1. The van der Waals surface area contributed by atoms with Crippen molar-refractivity contribution >= 4 is 51.7 Å². The highest BCUT2D eigenvalue weighted by atomic mass is 32.2. The van der Waals surface area contributed by atoms with Crippen molar-refractivity contribution < 1.29 is 19.9 Å². The second kappa shape index (κ2) is 6.54. The van der Waals surface area contributed by atoms with Gasteiger partial charge >= 0.3 is 0 Å². The van der Waals surface area contributed by atoms with E-state index in [2.05, 4.69) is 0 Å². The number of rotatable bonds is 3. The van der Waals surface area contributed by atoms with Crippen molar-refractivity contribution in [2.75, 3.05) is 4.90 Å². The van der Waals surface area contributed by atoms with Gasteiger partial charge < -0.3 is 10.2 Å². The number of benzene rings is 2. The summed E-state index contributed by atoms with van der Waals surface area (Å²) in [5.74, 6) is -0.911. The van der Waals surface area contributed by atoms with E-state index in [4.69, 9.17) is 12.2 Å². The summed E-state index contributed by atoms with van der Waals surface area (Å²) in [6.07, 6.45) is 1.55. The minimum absolute atomic E-state index is 0.0794. The minimum Gasteiger partial charge on any atom is -0.504 e. The maximum Gasteiger partial charge on any atom is 0.270 e. The number of amides is 1. The number of hydrogen-bond donors (Lipinski definition) is 2. The van der Waals surface area contributed by atoms with Gasteiger partial charge in [0.1, 0.15) is 0 Å². The molecule has 7 nitrogen and oxygen atoms in total. The van der Waals surface area contributed by atoms with Gasteiger partial charge in [0.2, 0.25) is 0 Å². The van der Waals surface area contributed by atoms with Crippen LogP contribution in [0.2, 0.25) is 0 Å². The van der Waals surface area contributed by atoms with Gasteiger partial charge in [0, 0.05) is 12.1 Å². The lowest BCUT2D eigenvalue weighted by Gasteiger charge is -2.13. The van der Waals surface area contributed by atoms with Crippen molar-refractivity contribution in [3.8, 4) is 11.5 Å². The number of thioether (sulfide) groups is 1. The molecule has 126 valence electrons. The quantitative estimate of drug-likeness (QED) is 0.279. The smallest absolute Gasteiger partial charge is 0.270 e. The number of thiocarbonyl (C=S) groups is 1. The molecule has 0 aromatic heterocycles. The van der Waals surface area contributed by atoms with Crippen LogP contribution in [-0.2, 0) is 4.79 Å². The number of hydrogen-bond acceptors (Lipinski definition) is 7. The summed E-state index contributed by atoms with van der Waals surface area (Å²) in [5, 5.41) is 29.6. The van der Waals surface area contributed by atoms with Crippen molar-refractivity contribution in [2.24, 2.45) is 0 Å². The fourth-order valence-electron chi connectivity index (χ4n) is 2.20. The van der Waals surface area contributed by atoms with E-state index in [0.717, 1.165) is 11.8 Å². The highest BCUT2D eigenvalue weighted by Gasteiger charge is 2.33. The Morgan fingerprint density at radius 1 is 1.12 bits per heavy atom. The predicted molar refractivity (Wildman–Crippen MR) is 98.5 cm³/mol. The highest BCUT2D eigenvalue weighted by Crippen LogP contribution is 2.37. The van der Waals surface area contributed by atoms with Crippen molar-refractivity contribution in [3.63, 3.8) is 0 Å².